The first kappa shape index (κ1) is 63.8. The minimum atomic E-state index is -0.812. The van der Waals surface area contributed by atoms with Crippen LogP contribution in [-0.4, -0.2) is 37.2 Å². The lowest BCUT2D eigenvalue weighted by Crippen LogP contribution is -2.30. The summed E-state index contributed by atoms with van der Waals surface area (Å²) in [6.45, 7) is 6.49. The van der Waals surface area contributed by atoms with Gasteiger partial charge in [-0.25, -0.2) is 0 Å². The number of carbonyl (C=O) groups is 3. The fourth-order valence-electron chi connectivity index (χ4n) is 8.00. The van der Waals surface area contributed by atoms with Crippen LogP contribution in [0.1, 0.15) is 278 Å². The maximum absolute atomic E-state index is 12.8. The van der Waals surface area contributed by atoms with Gasteiger partial charge in [-0.1, -0.05) is 273 Å². The molecule has 0 radical (unpaired) electrons. The average Bonchev–Trinajstić information content (AvgIpc) is 3.33. The molecule has 67 heavy (non-hydrogen) atoms. The minimum Gasteiger partial charge on any atom is -0.462 e. The van der Waals surface area contributed by atoms with Crippen molar-refractivity contribution in [3.05, 3.63) is 72.9 Å². The van der Waals surface area contributed by atoms with E-state index in [4.69, 9.17) is 14.2 Å². The fourth-order valence-corrected chi connectivity index (χ4v) is 8.00. The summed E-state index contributed by atoms with van der Waals surface area (Å²) in [6, 6.07) is 0. The zero-order chi connectivity index (χ0) is 48.6. The van der Waals surface area contributed by atoms with Crippen LogP contribution >= 0.6 is 0 Å². The van der Waals surface area contributed by atoms with Gasteiger partial charge in [0, 0.05) is 19.3 Å². The summed E-state index contributed by atoms with van der Waals surface area (Å²) in [6.07, 6.45) is 70.5. The maximum Gasteiger partial charge on any atom is 0.306 e. The molecular weight excluding hydrogens is 829 g/mol. The second-order valence-corrected chi connectivity index (χ2v) is 18.8. The van der Waals surface area contributed by atoms with Gasteiger partial charge in [-0.15, -0.1) is 0 Å². The summed E-state index contributed by atoms with van der Waals surface area (Å²) >= 11 is 0. The van der Waals surface area contributed by atoms with E-state index in [9.17, 15) is 14.4 Å². The first-order valence-corrected chi connectivity index (χ1v) is 28.4. The number of unbranched alkanes of at least 4 members (excludes halogenated alkanes) is 28. The summed E-state index contributed by atoms with van der Waals surface area (Å²) in [5, 5.41) is 0. The highest BCUT2D eigenvalue weighted by atomic mass is 16.6. The van der Waals surface area contributed by atoms with Gasteiger partial charge >= 0.3 is 17.9 Å². The lowest BCUT2D eigenvalue weighted by molar-refractivity contribution is -0.166. The van der Waals surface area contributed by atoms with Crippen molar-refractivity contribution in [1.82, 2.24) is 0 Å². The maximum atomic E-state index is 12.8. The molecule has 386 valence electrons. The van der Waals surface area contributed by atoms with Crippen molar-refractivity contribution >= 4 is 17.9 Å². The Hall–Kier alpha value is -3.15. The molecule has 0 spiro atoms. The molecule has 6 nitrogen and oxygen atoms in total. The number of hydrogen-bond donors (Lipinski definition) is 0. The van der Waals surface area contributed by atoms with E-state index in [1.807, 2.05) is 6.08 Å². The van der Waals surface area contributed by atoms with E-state index in [2.05, 4.69) is 87.6 Å². The Bertz CT molecular complexity index is 1260. The van der Waals surface area contributed by atoms with Crippen molar-refractivity contribution in [3.8, 4) is 0 Å². The number of esters is 3. The first-order valence-electron chi connectivity index (χ1n) is 28.4. The van der Waals surface area contributed by atoms with Crippen molar-refractivity contribution in [2.45, 2.75) is 284 Å². The van der Waals surface area contributed by atoms with Crippen LogP contribution in [-0.2, 0) is 28.6 Å². The molecule has 6 heteroatoms. The standard InChI is InChI=1S/C61H106O6/c1-4-7-10-13-16-19-22-25-27-29-30-32-34-37-40-43-46-49-52-55-61(64)67-58(56-65-59(62)53-50-47-44-41-38-35-24-21-18-15-12-9-6-3)57-66-60(63)54-51-48-45-42-39-36-33-31-28-26-23-20-17-14-11-8-5-2/h7,10,16,19,25,27,30,32,37,40,46,49,58H,4-6,8-9,11-15,17-18,20-24,26,28-29,31,33-36,38-39,41-45,47-48,50-57H2,1-3H3/b10-7-,19-16-,27-25-,32-30-,40-37-,49-46-/t58-/m0/s1. The third kappa shape index (κ3) is 53.7. The van der Waals surface area contributed by atoms with Crippen LogP contribution in [0.5, 0.6) is 0 Å². The van der Waals surface area contributed by atoms with Crippen molar-refractivity contribution in [3.63, 3.8) is 0 Å². The Labute approximate surface area is 414 Å². The van der Waals surface area contributed by atoms with E-state index in [1.165, 1.54) is 154 Å². The lowest BCUT2D eigenvalue weighted by Gasteiger charge is -2.18. The second kappa shape index (κ2) is 55.4. The summed E-state index contributed by atoms with van der Waals surface area (Å²) in [5.41, 5.74) is 0. The van der Waals surface area contributed by atoms with Gasteiger partial charge in [0.25, 0.3) is 0 Å². The molecule has 0 aromatic carbocycles. The Morgan fingerprint density at radius 2 is 0.582 bits per heavy atom. The Kier molecular flexibility index (Phi) is 52.8. The zero-order valence-corrected chi connectivity index (χ0v) is 44.2. The second-order valence-electron chi connectivity index (χ2n) is 18.8. The summed E-state index contributed by atoms with van der Waals surface area (Å²) in [5.74, 6) is -0.975. The summed E-state index contributed by atoms with van der Waals surface area (Å²) < 4.78 is 16.8. The Morgan fingerprint density at radius 3 is 0.881 bits per heavy atom. The topological polar surface area (TPSA) is 78.9 Å². The van der Waals surface area contributed by atoms with E-state index in [0.29, 0.717) is 19.3 Å². The number of carbonyl (C=O) groups excluding carboxylic acids is 3. The van der Waals surface area contributed by atoms with E-state index >= 15 is 0 Å². The molecule has 0 saturated heterocycles. The van der Waals surface area contributed by atoms with Crippen LogP contribution < -0.4 is 0 Å². The van der Waals surface area contributed by atoms with Crippen molar-refractivity contribution in [1.29, 1.82) is 0 Å². The first-order chi connectivity index (χ1) is 33.0. The summed E-state index contributed by atoms with van der Waals surface area (Å²) in [4.78, 5) is 38.1. The molecule has 0 unspecified atom stereocenters. The van der Waals surface area contributed by atoms with Crippen LogP contribution in [0.3, 0.4) is 0 Å². The van der Waals surface area contributed by atoms with Gasteiger partial charge in [-0.3, -0.25) is 14.4 Å². The SMILES string of the molecule is CC/C=C\C/C=C\C/C=C\C/C=C\C/C=C\C/C=C\CCC(=O)O[C@@H](COC(=O)CCCCCCCCCCCCCCC)COC(=O)CCCCCCCCCCCCCCCCCCC. The van der Waals surface area contributed by atoms with Crippen LogP contribution in [0.25, 0.3) is 0 Å². The summed E-state index contributed by atoms with van der Waals surface area (Å²) in [7, 11) is 0. The van der Waals surface area contributed by atoms with Crippen LogP contribution in [0.4, 0.5) is 0 Å². The van der Waals surface area contributed by atoms with Gasteiger partial charge in [0.05, 0.1) is 0 Å². The molecular formula is C61H106O6. The van der Waals surface area contributed by atoms with Gasteiger partial charge < -0.3 is 14.2 Å². The normalized spacial score (nSPS) is 12.6. The van der Waals surface area contributed by atoms with Crippen molar-refractivity contribution < 1.29 is 28.6 Å². The van der Waals surface area contributed by atoms with Gasteiger partial charge in [0.2, 0.25) is 0 Å². The van der Waals surface area contributed by atoms with Gasteiger partial charge in [-0.2, -0.15) is 0 Å². The van der Waals surface area contributed by atoms with E-state index in [0.717, 1.165) is 77.0 Å². The predicted molar refractivity (Wildman–Crippen MR) is 288 cm³/mol. The van der Waals surface area contributed by atoms with Gasteiger partial charge in [0.15, 0.2) is 6.10 Å². The Morgan fingerprint density at radius 1 is 0.313 bits per heavy atom. The van der Waals surface area contributed by atoms with Crippen molar-refractivity contribution in [2.75, 3.05) is 13.2 Å². The molecule has 0 saturated carbocycles. The molecule has 0 aromatic rings. The molecule has 0 aliphatic carbocycles. The molecule has 0 amide bonds. The monoisotopic (exact) mass is 935 g/mol. The highest BCUT2D eigenvalue weighted by molar-refractivity contribution is 5.71. The molecule has 0 N–H and O–H groups in total. The molecule has 0 heterocycles. The smallest absolute Gasteiger partial charge is 0.306 e. The average molecular weight is 936 g/mol. The van der Waals surface area contributed by atoms with E-state index < -0.39 is 6.10 Å². The van der Waals surface area contributed by atoms with Gasteiger partial charge in [0.1, 0.15) is 13.2 Å². The number of allylic oxidation sites excluding steroid dienone is 12. The Balaban J connectivity index is 4.46. The fraction of sp³-hybridized carbons (Fsp3) is 0.754. The quantitative estimate of drug-likeness (QED) is 0.0262. The van der Waals surface area contributed by atoms with E-state index in [-0.39, 0.29) is 37.5 Å². The highest BCUT2D eigenvalue weighted by Gasteiger charge is 2.19. The zero-order valence-electron chi connectivity index (χ0n) is 44.2. The minimum absolute atomic E-state index is 0.102. The van der Waals surface area contributed by atoms with E-state index in [1.54, 1.807) is 0 Å². The molecule has 0 aliphatic rings. The number of hydrogen-bond acceptors (Lipinski definition) is 6. The van der Waals surface area contributed by atoms with Crippen LogP contribution in [0.2, 0.25) is 0 Å². The molecule has 0 fully saturated rings. The lowest BCUT2D eigenvalue weighted by atomic mass is 10.0. The molecule has 0 aromatic heterocycles. The molecule has 0 aliphatic heterocycles. The number of rotatable bonds is 51. The predicted octanol–water partition coefficient (Wildman–Crippen LogP) is 19.0. The molecule has 0 rings (SSSR count). The third-order valence-electron chi connectivity index (χ3n) is 12.2. The van der Waals surface area contributed by atoms with Crippen LogP contribution in [0.15, 0.2) is 72.9 Å². The number of ether oxygens (including phenoxy) is 3. The molecule has 1 atom stereocenters. The molecule has 0 bridgehead atoms. The van der Waals surface area contributed by atoms with Crippen molar-refractivity contribution in [2.24, 2.45) is 0 Å². The van der Waals surface area contributed by atoms with Crippen LogP contribution in [0, 0.1) is 0 Å². The largest absolute Gasteiger partial charge is 0.462 e. The highest BCUT2D eigenvalue weighted by Crippen LogP contribution is 2.16. The third-order valence-corrected chi connectivity index (χ3v) is 12.2. The van der Waals surface area contributed by atoms with Gasteiger partial charge in [-0.05, 0) is 57.8 Å².